The molecule has 1 fully saturated rings. The lowest BCUT2D eigenvalue weighted by Gasteiger charge is -2.36. The number of aromatic amines is 1. The third-order valence-electron chi connectivity index (χ3n) is 4.50. The van der Waals surface area contributed by atoms with Gasteiger partial charge in [-0.1, -0.05) is 6.07 Å². The molecule has 0 atom stereocenters. The highest BCUT2D eigenvalue weighted by Gasteiger charge is 2.23. The maximum atomic E-state index is 12.8. The van der Waals surface area contributed by atoms with Gasteiger partial charge in [-0.2, -0.15) is 5.10 Å². The molecule has 1 saturated heterocycles. The molecule has 1 amide bonds. The fourth-order valence-corrected chi connectivity index (χ4v) is 3.16. The van der Waals surface area contributed by atoms with Gasteiger partial charge in [0.2, 0.25) is 0 Å². The summed E-state index contributed by atoms with van der Waals surface area (Å²) in [5.41, 5.74) is 2.64. The number of aromatic hydroxyl groups is 1. The van der Waals surface area contributed by atoms with Gasteiger partial charge in [0, 0.05) is 37.3 Å². The molecule has 0 radical (unpaired) electrons. The molecule has 0 saturated carbocycles. The van der Waals surface area contributed by atoms with Crippen LogP contribution in [0.1, 0.15) is 10.4 Å². The molecule has 6 heteroatoms. The van der Waals surface area contributed by atoms with Gasteiger partial charge in [-0.05, 0) is 36.4 Å². The number of rotatable bonds is 2. The van der Waals surface area contributed by atoms with E-state index in [4.69, 9.17) is 0 Å². The Morgan fingerprint density at radius 3 is 2.54 bits per heavy atom. The third-order valence-corrected chi connectivity index (χ3v) is 4.50. The average molecular weight is 322 g/mol. The van der Waals surface area contributed by atoms with Crippen molar-refractivity contribution >= 4 is 22.5 Å². The van der Waals surface area contributed by atoms with Gasteiger partial charge in [0.05, 0.1) is 17.3 Å². The number of hydrogen-bond acceptors (Lipinski definition) is 4. The highest BCUT2D eigenvalue weighted by molar-refractivity contribution is 6.06. The van der Waals surface area contributed by atoms with Crippen molar-refractivity contribution in [3.8, 4) is 5.75 Å². The Bertz CT molecular complexity index is 864. The number of hydrogen-bond donors (Lipinski definition) is 2. The van der Waals surface area contributed by atoms with Crippen molar-refractivity contribution in [2.45, 2.75) is 0 Å². The molecule has 1 aliphatic rings. The summed E-state index contributed by atoms with van der Waals surface area (Å²) in [5.74, 6) is 0.313. The number of H-pyrrole nitrogens is 1. The van der Waals surface area contributed by atoms with Gasteiger partial charge in [0.25, 0.3) is 5.91 Å². The molecule has 24 heavy (non-hydrogen) atoms. The number of piperazine rings is 1. The Morgan fingerprint density at radius 1 is 1.04 bits per heavy atom. The predicted octanol–water partition coefficient (Wildman–Crippen LogP) is 2.23. The summed E-state index contributed by atoms with van der Waals surface area (Å²) in [6.07, 6.45) is 1.70. The first-order valence-electron chi connectivity index (χ1n) is 7.98. The third kappa shape index (κ3) is 2.56. The van der Waals surface area contributed by atoms with E-state index in [-0.39, 0.29) is 11.7 Å². The number of phenolic OH excluding ortho intramolecular Hbond substituents is 1. The van der Waals surface area contributed by atoms with Gasteiger partial charge in [0.1, 0.15) is 5.75 Å². The number of aromatic nitrogens is 2. The molecular weight excluding hydrogens is 304 g/mol. The second-order valence-corrected chi connectivity index (χ2v) is 5.93. The molecule has 0 spiro atoms. The normalized spacial score (nSPS) is 15.0. The summed E-state index contributed by atoms with van der Waals surface area (Å²) in [6, 6.07) is 12.8. The second kappa shape index (κ2) is 5.88. The number of anilines is 1. The Balaban J connectivity index is 1.48. The largest absolute Gasteiger partial charge is 0.508 e. The lowest BCUT2D eigenvalue weighted by molar-refractivity contribution is 0.0749. The first kappa shape index (κ1) is 14.6. The van der Waals surface area contributed by atoms with Crippen LogP contribution in [0.25, 0.3) is 10.9 Å². The minimum absolute atomic E-state index is 0.0485. The molecule has 0 unspecified atom stereocenters. The van der Waals surface area contributed by atoms with Crippen LogP contribution in [0.5, 0.6) is 5.75 Å². The number of amides is 1. The van der Waals surface area contributed by atoms with Gasteiger partial charge in [-0.25, -0.2) is 0 Å². The van der Waals surface area contributed by atoms with Crippen LogP contribution in [0, 0.1) is 0 Å². The van der Waals surface area contributed by atoms with E-state index in [0.29, 0.717) is 18.7 Å². The molecule has 0 aliphatic carbocycles. The van der Waals surface area contributed by atoms with Gasteiger partial charge < -0.3 is 14.9 Å². The van der Waals surface area contributed by atoms with Crippen molar-refractivity contribution in [3.05, 3.63) is 54.2 Å². The minimum Gasteiger partial charge on any atom is -0.508 e. The number of benzene rings is 2. The number of nitrogens with one attached hydrogen (secondary N) is 1. The topological polar surface area (TPSA) is 72.5 Å². The van der Waals surface area contributed by atoms with Gasteiger partial charge in [-0.3, -0.25) is 9.89 Å². The summed E-state index contributed by atoms with van der Waals surface area (Å²) in [6.45, 7) is 2.90. The van der Waals surface area contributed by atoms with E-state index in [1.54, 1.807) is 18.3 Å². The molecule has 1 aromatic heterocycles. The molecule has 0 bridgehead atoms. The van der Waals surface area contributed by atoms with Crippen molar-refractivity contribution in [3.63, 3.8) is 0 Å². The maximum absolute atomic E-state index is 12.8. The Labute approximate surface area is 139 Å². The Kier molecular flexibility index (Phi) is 3.57. The molecule has 122 valence electrons. The van der Waals surface area contributed by atoms with E-state index in [2.05, 4.69) is 15.1 Å². The fourth-order valence-electron chi connectivity index (χ4n) is 3.16. The quantitative estimate of drug-likeness (QED) is 0.759. The Morgan fingerprint density at radius 2 is 1.79 bits per heavy atom. The van der Waals surface area contributed by atoms with E-state index in [9.17, 15) is 9.90 Å². The predicted molar refractivity (Wildman–Crippen MR) is 92.3 cm³/mol. The van der Waals surface area contributed by atoms with E-state index in [1.165, 1.54) is 0 Å². The molecule has 1 aliphatic heterocycles. The first-order chi connectivity index (χ1) is 11.7. The summed E-state index contributed by atoms with van der Waals surface area (Å²) < 4.78 is 0. The van der Waals surface area contributed by atoms with Crippen molar-refractivity contribution < 1.29 is 9.90 Å². The maximum Gasteiger partial charge on any atom is 0.254 e. The van der Waals surface area contributed by atoms with Crippen LogP contribution >= 0.6 is 0 Å². The van der Waals surface area contributed by atoms with E-state index in [1.807, 2.05) is 35.2 Å². The summed E-state index contributed by atoms with van der Waals surface area (Å²) in [5, 5.41) is 17.2. The lowest BCUT2D eigenvalue weighted by Crippen LogP contribution is -2.48. The standard InChI is InChI=1S/C18H18N4O2/c23-14-6-4-13(5-7-14)21-8-10-22(11-9-21)18(24)15-2-1-3-17-16(15)12-19-20-17/h1-7,12,23H,8-11H2,(H,19,20). The molecule has 6 nitrogen and oxygen atoms in total. The van der Waals surface area contributed by atoms with Crippen molar-refractivity contribution in [1.82, 2.24) is 15.1 Å². The van der Waals surface area contributed by atoms with E-state index in [0.717, 1.165) is 29.7 Å². The number of fused-ring (bicyclic) bond motifs is 1. The molecule has 2 N–H and O–H groups in total. The lowest BCUT2D eigenvalue weighted by atomic mass is 10.1. The zero-order chi connectivity index (χ0) is 16.5. The van der Waals surface area contributed by atoms with Crippen LogP contribution in [-0.2, 0) is 0 Å². The first-order valence-corrected chi connectivity index (χ1v) is 7.98. The van der Waals surface area contributed by atoms with Crippen LogP contribution in [0.4, 0.5) is 5.69 Å². The average Bonchev–Trinajstić information content (AvgIpc) is 3.11. The van der Waals surface area contributed by atoms with Crippen LogP contribution < -0.4 is 4.90 Å². The highest BCUT2D eigenvalue weighted by Crippen LogP contribution is 2.22. The zero-order valence-corrected chi connectivity index (χ0v) is 13.1. The SMILES string of the molecule is O=C(c1cccc2[nH]ncc12)N1CCN(c2ccc(O)cc2)CC1. The van der Waals surface area contributed by atoms with Gasteiger partial charge in [-0.15, -0.1) is 0 Å². The minimum atomic E-state index is 0.0485. The molecule has 2 aromatic carbocycles. The van der Waals surface area contributed by atoms with Crippen LogP contribution in [0.2, 0.25) is 0 Å². The number of phenols is 1. The van der Waals surface area contributed by atoms with Crippen LogP contribution in [0.15, 0.2) is 48.7 Å². The fraction of sp³-hybridized carbons (Fsp3) is 0.222. The number of carbonyl (C=O) groups excluding carboxylic acids is 1. The summed E-state index contributed by atoms with van der Waals surface area (Å²) in [4.78, 5) is 16.9. The highest BCUT2D eigenvalue weighted by atomic mass is 16.3. The van der Waals surface area contributed by atoms with E-state index >= 15 is 0 Å². The zero-order valence-electron chi connectivity index (χ0n) is 13.1. The van der Waals surface area contributed by atoms with Crippen LogP contribution in [-0.4, -0.2) is 52.3 Å². The Hall–Kier alpha value is -3.02. The van der Waals surface area contributed by atoms with Gasteiger partial charge >= 0.3 is 0 Å². The summed E-state index contributed by atoms with van der Waals surface area (Å²) in [7, 11) is 0. The molecule has 3 aromatic rings. The van der Waals surface area contributed by atoms with Crippen molar-refractivity contribution in [2.75, 3.05) is 31.1 Å². The molecular formula is C18H18N4O2. The molecule has 2 heterocycles. The smallest absolute Gasteiger partial charge is 0.254 e. The molecule has 4 rings (SSSR count). The number of carbonyl (C=O) groups is 1. The summed E-state index contributed by atoms with van der Waals surface area (Å²) >= 11 is 0. The monoisotopic (exact) mass is 322 g/mol. The number of nitrogens with zero attached hydrogens (tertiary/aromatic N) is 3. The van der Waals surface area contributed by atoms with Crippen molar-refractivity contribution in [1.29, 1.82) is 0 Å². The van der Waals surface area contributed by atoms with Crippen molar-refractivity contribution in [2.24, 2.45) is 0 Å². The van der Waals surface area contributed by atoms with Gasteiger partial charge in [0.15, 0.2) is 0 Å². The van der Waals surface area contributed by atoms with Crippen LogP contribution in [0.3, 0.4) is 0 Å². The van der Waals surface area contributed by atoms with E-state index < -0.39 is 0 Å². The second-order valence-electron chi connectivity index (χ2n) is 5.93.